The normalized spacial score (nSPS) is 10.1. The smallest absolute Gasteiger partial charge is 0.274 e. The molecule has 2 rings (SSSR count). The number of hydrogen-bond donors (Lipinski definition) is 1. The van der Waals surface area contributed by atoms with Gasteiger partial charge in [0.15, 0.2) is 0 Å². The molecule has 92 valence electrons. The lowest BCUT2D eigenvalue weighted by molar-refractivity contribution is -0.385. The monoisotopic (exact) mass is 308 g/mol. The van der Waals surface area contributed by atoms with Crippen LogP contribution >= 0.6 is 15.9 Å². The molecule has 0 radical (unpaired) electrons. The number of benzene rings is 1. The fourth-order valence-electron chi connectivity index (χ4n) is 1.43. The van der Waals surface area contributed by atoms with Crippen LogP contribution in [0.15, 0.2) is 35.2 Å². The second-order valence-electron chi connectivity index (χ2n) is 3.60. The number of nitrogens with one attached hydrogen (secondary N) is 1. The Morgan fingerprint density at radius 3 is 2.89 bits per heavy atom. The van der Waals surface area contributed by atoms with Crippen molar-refractivity contribution in [2.75, 3.05) is 5.32 Å². The van der Waals surface area contributed by atoms with Crippen molar-refractivity contribution < 1.29 is 4.92 Å². The third-order valence-electron chi connectivity index (χ3n) is 2.34. The molecule has 6 nitrogen and oxygen atoms in total. The molecule has 0 aliphatic rings. The summed E-state index contributed by atoms with van der Waals surface area (Å²) in [5.41, 5.74) is 1.30. The van der Waals surface area contributed by atoms with Gasteiger partial charge in [0.2, 0.25) is 0 Å². The fourth-order valence-corrected chi connectivity index (χ4v) is 1.74. The van der Waals surface area contributed by atoms with Crippen LogP contribution in [0.1, 0.15) is 5.56 Å². The van der Waals surface area contributed by atoms with Crippen molar-refractivity contribution in [3.8, 4) is 0 Å². The fraction of sp³-hybridized carbons (Fsp3) is 0.0909. The summed E-state index contributed by atoms with van der Waals surface area (Å²) in [5.74, 6) is 0.558. The zero-order valence-corrected chi connectivity index (χ0v) is 11.0. The van der Waals surface area contributed by atoms with Crippen LogP contribution in [0, 0.1) is 17.0 Å². The topological polar surface area (TPSA) is 81.0 Å². The maximum atomic E-state index is 10.8. The Morgan fingerprint density at radius 2 is 2.22 bits per heavy atom. The molecule has 0 atom stereocenters. The van der Waals surface area contributed by atoms with Crippen molar-refractivity contribution in [3.63, 3.8) is 0 Å². The Hall–Kier alpha value is -2.02. The summed E-state index contributed by atoms with van der Waals surface area (Å²) >= 11 is 3.29. The van der Waals surface area contributed by atoms with E-state index >= 15 is 0 Å². The molecule has 7 heteroatoms. The highest BCUT2D eigenvalue weighted by molar-refractivity contribution is 9.10. The van der Waals surface area contributed by atoms with Gasteiger partial charge in [-0.15, -0.1) is 0 Å². The first-order chi connectivity index (χ1) is 8.58. The number of hydrogen-bond acceptors (Lipinski definition) is 5. The number of aryl methyl sites for hydroxylation is 1. The lowest BCUT2D eigenvalue weighted by atomic mass is 10.2. The zero-order chi connectivity index (χ0) is 13.1. The van der Waals surface area contributed by atoms with E-state index < -0.39 is 4.92 Å². The molecule has 0 fully saturated rings. The van der Waals surface area contributed by atoms with Crippen molar-refractivity contribution in [1.82, 2.24) is 9.97 Å². The average Bonchev–Trinajstić information content (AvgIpc) is 2.34. The molecule has 1 N–H and O–H groups in total. The average molecular weight is 309 g/mol. The minimum absolute atomic E-state index is 0.0742. The summed E-state index contributed by atoms with van der Waals surface area (Å²) in [4.78, 5) is 18.3. The van der Waals surface area contributed by atoms with E-state index in [0.29, 0.717) is 21.5 Å². The van der Waals surface area contributed by atoms with E-state index in [0.717, 1.165) is 0 Å². The predicted octanol–water partition coefficient (Wildman–Crippen LogP) is 3.20. The molecule has 0 bridgehead atoms. The molecule has 0 saturated heterocycles. The van der Waals surface area contributed by atoms with Gasteiger partial charge in [0.25, 0.3) is 5.69 Å². The van der Waals surface area contributed by atoms with Gasteiger partial charge >= 0.3 is 0 Å². The lowest BCUT2D eigenvalue weighted by Crippen LogP contribution is -1.97. The second-order valence-corrected chi connectivity index (χ2v) is 4.46. The van der Waals surface area contributed by atoms with Crippen molar-refractivity contribution in [2.45, 2.75) is 6.92 Å². The molecular formula is C11H9BrN4O2. The Kier molecular flexibility index (Phi) is 3.52. The van der Waals surface area contributed by atoms with E-state index in [2.05, 4.69) is 31.2 Å². The molecule has 0 aliphatic carbocycles. The van der Waals surface area contributed by atoms with Gasteiger partial charge in [-0.1, -0.05) is 6.07 Å². The van der Waals surface area contributed by atoms with Crippen LogP contribution in [0.2, 0.25) is 0 Å². The summed E-state index contributed by atoms with van der Waals surface area (Å²) in [6.07, 6.45) is 2.99. The molecule has 18 heavy (non-hydrogen) atoms. The van der Waals surface area contributed by atoms with Crippen LogP contribution in [-0.4, -0.2) is 14.9 Å². The number of nitrogens with zero attached hydrogens (tertiary/aromatic N) is 3. The first kappa shape index (κ1) is 12.4. The highest BCUT2D eigenvalue weighted by Gasteiger charge is 2.11. The third kappa shape index (κ3) is 2.62. The standard InChI is InChI=1S/C11H9BrN4O2/c1-7-2-3-8(4-10(7)16(17)18)15-11-9(12)5-13-6-14-11/h2-6H,1H3,(H,13,14,15). The van der Waals surface area contributed by atoms with E-state index in [1.807, 2.05) is 0 Å². The van der Waals surface area contributed by atoms with Crippen LogP contribution in [0.25, 0.3) is 0 Å². The van der Waals surface area contributed by atoms with Gasteiger partial charge in [0.1, 0.15) is 12.1 Å². The molecule has 0 unspecified atom stereocenters. The first-order valence-electron chi connectivity index (χ1n) is 5.05. The van der Waals surface area contributed by atoms with Gasteiger partial charge in [-0.25, -0.2) is 9.97 Å². The minimum atomic E-state index is -0.407. The molecule has 0 amide bonds. The Balaban J connectivity index is 2.33. The molecule has 1 aromatic heterocycles. The molecule has 0 saturated carbocycles. The van der Waals surface area contributed by atoms with Crippen LogP contribution in [-0.2, 0) is 0 Å². The summed E-state index contributed by atoms with van der Waals surface area (Å²) < 4.78 is 0.688. The maximum absolute atomic E-state index is 10.8. The van der Waals surface area contributed by atoms with E-state index in [1.54, 1.807) is 25.3 Å². The number of rotatable bonds is 3. The van der Waals surface area contributed by atoms with E-state index in [9.17, 15) is 10.1 Å². The third-order valence-corrected chi connectivity index (χ3v) is 2.92. The van der Waals surface area contributed by atoms with Gasteiger partial charge in [0.05, 0.1) is 9.40 Å². The number of nitro benzene ring substituents is 1. The Labute approximate surface area is 111 Å². The summed E-state index contributed by atoms with van der Waals surface area (Å²) in [5, 5.41) is 13.8. The molecular weight excluding hydrogens is 300 g/mol. The van der Waals surface area contributed by atoms with Crippen LogP contribution < -0.4 is 5.32 Å². The van der Waals surface area contributed by atoms with Crippen LogP contribution in [0.5, 0.6) is 0 Å². The number of aromatic nitrogens is 2. The van der Waals surface area contributed by atoms with Gasteiger partial charge in [-0.2, -0.15) is 0 Å². The molecule has 0 aliphatic heterocycles. The highest BCUT2D eigenvalue weighted by atomic mass is 79.9. The SMILES string of the molecule is Cc1ccc(Nc2ncncc2Br)cc1[N+](=O)[O-]. The van der Waals surface area contributed by atoms with Crippen molar-refractivity contribution in [3.05, 3.63) is 50.9 Å². The van der Waals surface area contributed by atoms with E-state index in [4.69, 9.17) is 0 Å². The zero-order valence-electron chi connectivity index (χ0n) is 9.42. The molecule has 1 heterocycles. The van der Waals surface area contributed by atoms with Gasteiger partial charge in [-0.3, -0.25) is 10.1 Å². The molecule has 0 spiro atoms. The molecule has 2 aromatic rings. The van der Waals surface area contributed by atoms with Gasteiger partial charge in [0, 0.05) is 23.5 Å². The first-order valence-corrected chi connectivity index (χ1v) is 5.85. The summed E-state index contributed by atoms with van der Waals surface area (Å²) in [6, 6.07) is 4.93. The highest BCUT2D eigenvalue weighted by Crippen LogP contribution is 2.26. The van der Waals surface area contributed by atoms with Crippen molar-refractivity contribution in [2.24, 2.45) is 0 Å². The maximum Gasteiger partial charge on any atom is 0.274 e. The minimum Gasteiger partial charge on any atom is -0.339 e. The number of nitro groups is 1. The molecule has 1 aromatic carbocycles. The second kappa shape index (κ2) is 5.09. The van der Waals surface area contributed by atoms with Crippen LogP contribution in [0.3, 0.4) is 0 Å². The Bertz CT molecular complexity index is 603. The number of halogens is 1. The largest absolute Gasteiger partial charge is 0.339 e. The Morgan fingerprint density at radius 1 is 1.44 bits per heavy atom. The van der Waals surface area contributed by atoms with E-state index in [1.165, 1.54) is 12.4 Å². The number of anilines is 2. The lowest BCUT2D eigenvalue weighted by Gasteiger charge is -2.07. The van der Waals surface area contributed by atoms with Gasteiger partial charge in [-0.05, 0) is 28.9 Å². The van der Waals surface area contributed by atoms with Crippen molar-refractivity contribution >= 4 is 33.1 Å². The predicted molar refractivity (Wildman–Crippen MR) is 70.8 cm³/mol. The summed E-state index contributed by atoms with van der Waals surface area (Å²) in [6.45, 7) is 1.70. The van der Waals surface area contributed by atoms with Crippen LogP contribution in [0.4, 0.5) is 17.2 Å². The van der Waals surface area contributed by atoms with Crippen molar-refractivity contribution in [1.29, 1.82) is 0 Å². The van der Waals surface area contributed by atoms with E-state index in [-0.39, 0.29) is 5.69 Å². The summed E-state index contributed by atoms with van der Waals surface area (Å²) in [7, 11) is 0. The quantitative estimate of drug-likeness (QED) is 0.695. The van der Waals surface area contributed by atoms with Gasteiger partial charge < -0.3 is 5.32 Å².